The van der Waals surface area contributed by atoms with Gasteiger partial charge < -0.3 is 0 Å². The first-order valence-corrected chi connectivity index (χ1v) is 7.46. The Hall–Kier alpha value is -1.45. The molecule has 1 aromatic heterocycles. The van der Waals surface area contributed by atoms with Crippen LogP contribution in [0.1, 0.15) is 6.92 Å². The van der Waals surface area contributed by atoms with Crippen molar-refractivity contribution in [3.05, 3.63) is 18.7 Å². The normalized spacial score (nSPS) is 29.2. The van der Waals surface area contributed by atoms with Gasteiger partial charge in [0.15, 0.2) is 0 Å². The van der Waals surface area contributed by atoms with Gasteiger partial charge in [-0.2, -0.15) is 13.2 Å². The molecule has 15 heteroatoms. The van der Waals surface area contributed by atoms with Gasteiger partial charge >= 0.3 is 28.8 Å². The maximum Gasteiger partial charge on any atom is 0.551 e. The van der Waals surface area contributed by atoms with E-state index in [1.165, 1.54) is 0 Å². The number of aromatic nitrogens is 2. The minimum absolute atomic E-state index is 1.06. The van der Waals surface area contributed by atoms with Crippen molar-refractivity contribution < 1.29 is 52.6 Å². The van der Waals surface area contributed by atoms with Crippen molar-refractivity contribution in [3.63, 3.8) is 0 Å². The van der Waals surface area contributed by atoms with Crippen molar-refractivity contribution in [2.75, 3.05) is 0 Å². The van der Waals surface area contributed by atoms with E-state index < -0.39 is 38.0 Å². The summed E-state index contributed by atoms with van der Waals surface area (Å²) in [6, 6.07) is -5.76. The molecule has 0 aliphatic carbocycles. The van der Waals surface area contributed by atoms with Crippen LogP contribution >= 0.6 is 0 Å². The summed E-state index contributed by atoms with van der Waals surface area (Å²) in [4.78, 5) is 0. The number of quaternary nitrogens is 1. The van der Waals surface area contributed by atoms with Crippen LogP contribution in [0, 0.1) is 0 Å². The summed E-state index contributed by atoms with van der Waals surface area (Å²) in [5, 5.41) is -2.90. The molecule has 1 aliphatic rings. The van der Waals surface area contributed by atoms with Gasteiger partial charge in [-0.25, -0.2) is 13.7 Å². The highest BCUT2D eigenvalue weighted by Gasteiger charge is 2.91. The highest BCUT2D eigenvalue weighted by atomic mass is 32.2. The number of imidazole rings is 1. The molecule has 0 amide bonds. The van der Waals surface area contributed by atoms with Crippen molar-refractivity contribution in [3.8, 4) is 0 Å². The fourth-order valence-electron chi connectivity index (χ4n) is 1.67. The third-order valence-electron chi connectivity index (χ3n) is 2.97. The largest absolute Gasteiger partial charge is 0.551 e. The molecule has 0 aromatic carbocycles. The van der Waals surface area contributed by atoms with E-state index in [-0.39, 0.29) is 0 Å². The first-order chi connectivity index (χ1) is 10.6. The standard InChI is InChI=1S/C6H11N2.C3HF7N2O3S/c1-3-8-5-4-7(2)6-8;4-1-2(5,6)11(9)3(7,8)12(1,10)16(13,14)15/h4-6H,3H2,1-2H3;1H/q+1;/p+1. The Kier molecular flexibility index (Phi) is 5.25. The summed E-state index contributed by atoms with van der Waals surface area (Å²) in [7, 11) is -4.66. The van der Waals surface area contributed by atoms with Gasteiger partial charge in [-0.3, -0.25) is 0 Å². The zero-order valence-electron chi connectivity index (χ0n) is 12.1. The molecule has 0 spiro atoms. The Morgan fingerprint density at radius 2 is 1.83 bits per heavy atom. The van der Waals surface area contributed by atoms with Crippen LogP contribution in [0.5, 0.6) is 0 Å². The van der Waals surface area contributed by atoms with Gasteiger partial charge in [0, 0.05) is 4.48 Å². The van der Waals surface area contributed by atoms with E-state index in [1.54, 1.807) is 0 Å². The molecule has 1 aromatic rings. The molecule has 2 heterocycles. The highest BCUT2D eigenvalue weighted by molar-refractivity contribution is 7.80. The monoisotopic (exact) mass is 390 g/mol. The van der Waals surface area contributed by atoms with Gasteiger partial charge in [0.2, 0.25) is 6.33 Å². The van der Waals surface area contributed by atoms with Crippen molar-refractivity contribution in [2.24, 2.45) is 7.05 Å². The number of hydrogen-bond donors (Lipinski definition) is 1. The second kappa shape index (κ2) is 6.12. The van der Waals surface area contributed by atoms with E-state index in [0.717, 1.165) is 6.54 Å². The van der Waals surface area contributed by atoms with Crippen LogP contribution in [0.4, 0.5) is 30.9 Å². The van der Waals surface area contributed by atoms with Gasteiger partial charge in [0.05, 0.1) is 18.7 Å². The quantitative estimate of drug-likeness (QED) is 0.273. The van der Waals surface area contributed by atoms with E-state index in [1.807, 2.05) is 17.8 Å². The van der Waals surface area contributed by atoms with Crippen LogP contribution in [0.15, 0.2) is 18.7 Å². The SMILES string of the molecule is CC[n+]1ccn(C)c1.O=S(=O)(O)[N+]1(F)C(F)C(F)(F)N(F)C1(F)F. The minimum Gasteiger partial charge on any atom is -0.240 e. The summed E-state index contributed by atoms with van der Waals surface area (Å²) in [5.41, 5.74) is 0. The Balaban J connectivity index is 0.000000300. The summed E-state index contributed by atoms with van der Waals surface area (Å²) < 4.78 is 115. The minimum atomic E-state index is -6.68. The Labute approximate surface area is 131 Å². The molecule has 7 nitrogen and oxygen atoms in total. The molecule has 1 fully saturated rings. The fourth-order valence-corrected chi connectivity index (χ4v) is 2.38. The zero-order valence-corrected chi connectivity index (χ0v) is 12.9. The molecule has 0 bridgehead atoms. The Morgan fingerprint density at radius 3 is 2.00 bits per heavy atom. The molecule has 2 unspecified atom stereocenters. The number of aryl methyl sites for hydroxylation is 2. The van der Waals surface area contributed by atoms with Crippen molar-refractivity contribution in [1.82, 2.24) is 9.69 Å². The zero-order chi connectivity index (χ0) is 19.1. The lowest BCUT2D eigenvalue weighted by molar-refractivity contribution is -1.05. The Morgan fingerprint density at radius 1 is 1.33 bits per heavy atom. The molecule has 0 saturated carbocycles. The summed E-state index contributed by atoms with van der Waals surface area (Å²) in [5.74, 6) is 0. The molecule has 2 rings (SSSR count). The lowest BCUT2D eigenvalue weighted by Crippen LogP contribution is -2.59. The lowest BCUT2D eigenvalue weighted by Gasteiger charge is -2.21. The van der Waals surface area contributed by atoms with E-state index in [4.69, 9.17) is 4.55 Å². The van der Waals surface area contributed by atoms with E-state index in [0.29, 0.717) is 0 Å². The Bertz CT molecular complexity index is 697. The molecule has 1 aliphatic heterocycles. The molecule has 2 atom stereocenters. The molecule has 0 radical (unpaired) electrons. The van der Waals surface area contributed by atoms with Crippen LogP contribution in [0.25, 0.3) is 0 Å². The van der Waals surface area contributed by atoms with Gasteiger partial charge in [-0.05, 0) is 6.92 Å². The maximum atomic E-state index is 12.9. The fraction of sp³-hybridized carbons (Fsp3) is 0.667. The molecular weight excluding hydrogens is 377 g/mol. The number of hydrogen-bond acceptors (Lipinski definition) is 3. The van der Waals surface area contributed by atoms with Crippen molar-refractivity contribution >= 4 is 10.3 Å². The van der Waals surface area contributed by atoms with Crippen LogP contribution in [0.2, 0.25) is 0 Å². The topological polar surface area (TPSA) is 66.4 Å². The number of rotatable bonds is 2. The summed E-state index contributed by atoms with van der Waals surface area (Å²) in [6.45, 7) is 3.18. The first-order valence-electron chi connectivity index (χ1n) is 6.07. The molecule has 1 N–H and O–H groups in total. The lowest BCUT2D eigenvalue weighted by atomic mass is 10.5. The second-order valence-electron chi connectivity index (χ2n) is 4.65. The van der Waals surface area contributed by atoms with E-state index in [9.17, 15) is 39.3 Å². The van der Waals surface area contributed by atoms with Crippen LogP contribution in [0.3, 0.4) is 0 Å². The third-order valence-corrected chi connectivity index (χ3v) is 4.04. The average Bonchev–Trinajstić information content (AvgIpc) is 2.92. The third kappa shape index (κ3) is 2.96. The molecule has 1 saturated heterocycles. The smallest absolute Gasteiger partial charge is 0.240 e. The van der Waals surface area contributed by atoms with Gasteiger partial charge in [0.1, 0.15) is 16.5 Å². The van der Waals surface area contributed by atoms with Crippen LogP contribution in [-0.2, 0) is 23.9 Å². The van der Waals surface area contributed by atoms with Crippen LogP contribution in [-0.4, -0.2) is 45.3 Å². The predicted molar refractivity (Wildman–Crippen MR) is 61.9 cm³/mol. The maximum absolute atomic E-state index is 12.9. The van der Waals surface area contributed by atoms with Gasteiger partial charge in [-0.1, -0.05) is 0 Å². The summed E-state index contributed by atoms with van der Waals surface area (Å²) >= 11 is 0. The number of halogens is 7. The van der Waals surface area contributed by atoms with E-state index >= 15 is 0 Å². The van der Waals surface area contributed by atoms with Crippen molar-refractivity contribution in [2.45, 2.75) is 32.0 Å². The molecular formula is C9H13F7N4O3S+2. The van der Waals surface area contributed by atoms with Crippen LogP contribution < -0.4 is 4.57 Å². The van der Waals surface area contributed by atoms with E-state index in [2.05, 4.69) is 24.0 Å². The summed E-state index contributed by atoms with van der Waals surface area (Å²) in [6.07, 6.45) is -4.83. The molecule has 24 heavy (non-hydrogen) atoms. The second-order valence-corrected chi connectivity index (χ2v) is 6.08. The number of alkyl halides is 5. The van der Waals surface area contributed by atoms with Gasteiger partial charge in [-0.15, -0.1) is 21.7 Å². The first kappa shape index (κ1) is 20.6. The average molecular weight is 390 g/mol. The number of nitrogens with zero attached hydrogens (tertiary/aromatic N) is 4. The highest BCUT2D eigenvalue weighted by Crippen LogP contribution is 2.54. The van der Waals surface area contributed by atoms with Gasteiger partial charge in [0.25, 0.3) is 0 Å². The predicted octanol–water partition coefficient (Wildman–Crippen LogP) is 1.46. The molecule has 140 valence electrons. The van der Waals surface area contributed by atoms with Crippen molar-refractivity contribution in [1.29, 1.82) is 0 Å².